The van der Waals surface area contributed by atoms with Gasteiger partial charge in [0.25, 0.3) is 0 Å². The molecule has 2 rings (SSSR count). The molecule has 0 aliphatic carbocycles. The number of anilines is 2. The van der Waals surface area contributed by atoms with Crippen molar-refractivity contribution in [2.75, 3.05) is 17.2 Å². The fourth-order valence-corrected chi connectivity index (χ4v) is 1.74. The van der Waals surface area contributed by atoms with Gasteiger partial charge in [0.15, 0.2) is 6.61 Å². The van der Waals surface area contributed by atoms with Crippen molar-refractivity contribution in [1.82, 2.24) is 9.59 Å². The van der Waals surface area contributed by atoms with Gasteiger partial charge >= 0.3 is 12.0 Å². The molecule has 9 heteroatoms. The van der Waals surface area contributed by atoms with Gasteiger partial charge in [-0.1, -0.05) is 16.6 Å². The Morgan fingerprint density at radius 3 is 2.80 bits per heavy atom. The molecule has 0 saturated carbocycles. The number of aromatic nitrogens is 2. The van der Waals surface area contributed by atoms with Crippen LogP contribution in [0.3, 0.4) is 0 Å². The number of nitrogens with zero attached hydrogens (tertiary/aromatic N) is 2. The maximum atomic E-state index is 11.7. The molecule has 0 unspecified atom stereocenters. The smallest absolute Gasteiger partial charge is 0.341 e. The summed E-state index contributed by atoms with van der Waals surface area (Å²) in [7, 11) is 0. The third-order valence-electron chi connectivity index (χ3n) is 2.08. The number of benzene rings is 1. The Morgan fingerprint density at radius 2 is 2.10 bits per heavy atom. The number of amides is 2. The minimum absolute atomic E-state index is 0.271. The predicted octanol–water partition coefficient (Wildman–Crippen LogP) is 1.65. The van der Waals surface area contributed by atoms with Crippen molar-refractivity contribution in [2.45, 2.75) is 0 Å². The van der Waals surface area contributed by atoms with E-state index in [-0.39, 0.29) is 5.75 Å². The first kappa shape index (κ1) is 13.7. The SMILES string of the molecule is O=C(O)COc1ccccc1NC(=O)Nc1cnns1. The van der Waals surface area contributed by atoms with Crippen molar-refractivity contribution in [3.63, 3.8) is 0 Å². The molecule has 0 bridgehead atoms. The maximum absolute atomic E-state index is 11.7. The number of hydrogen-bond acceptors (Lipinski definition) is 6. The van der Waals surface area contributed by atoms with Gasteiger partial charge in [-0.2, -0.15) is 0 Å². The van der Waals surface area contributed by atoms with E-state index in [1.165, 1.54) is 6.20 Å². The highest BCUT2D eigenvalue weighted by Crippen LogP contribution is 2.24. The number of ether oxygens (including phenoxy) is 1. The molecule has 104 valence electrons. The van der Waals surface area contributed by atoms with Gasteiger partial charge in [-0.15, -0.1) is 5.10 Å². The van der Waals surface area contributed by atoms with Gasteiger partial charge in [-0.05, 0) is 12.1 Å². The highest BCUT2D eigenvalue weighted by molar-refractivity contribution is 7.10. The Morgan fingerprint density at radius 1 is 1.30 bits per heavy atom. The number of hydrogen-bond donors (Lipinski definition) is 3. The molecule has 0 aliphatic rings. The standard InChI is InChI=1S/C11H10N4O4S/c16-10(17)6-19-8-4-2-1-3-7(8)13-11(18)14-9-5-12-15-20-9/h1-5H,6H2,(H,16,17)(H2,13,14,18). The van der Waals surface area contributed by atoms with Crippen LogP contribution in [0.25, 0.3) is 0 Å². The van der Waals surface area contributed by atoms with Crippen LogP contribution in [0.4, 0.5) is 15.5 Å². The lowest BCUT2D eigenvalue weighted by molar-refractivity contribution is -0.139. The normalized spacial score (nSPS) is 9.80. The Balaban J connectivity index is 2.01. The Bertz CT molecular complexity index is 602. The molecule has 20 heavy (non-hydrogen) atoms. The largest absolute Gasteiger partial charge is 0.480 e. The Labute approximate surface area is 117 Å². The van der Waals surface area contributed by atoms with Crippen molar-refractivity contribution in [2.24, 2.45) is 0 Å². The summed E-state index contributed by atoms with van der Waals surface area (Å²) in [4.78, 5) is 22.2. The lowest BCUT2D eigenvalue weighted by Crippen LogP contribution is -2.19. The van der Waals surface area contributed by atoms with Crippen LogP contribution in [0.2, 0.25) is 0 Å². The minimum atomic E-state index is -1.10. The zero-order valence-corrected chi connectivity index (χ0v) is 10.9. The average molecular weight is 294 g/mol. The van der Waals surface area contributed by atoms with E-state index in [4.69, 9.17) is 9.84 Å². The highest BCUT2D eigenvalue weighted by Gasteiger charge is 2.09. The Hall–Kier alpha value is -2.68. The maximum Gasteiger partial charge on any atom is 0.341 e. The topological polar surface area (TPSA) is 113 Å². The molecule has 1 aromatic heterocycles. The third kappa shape index (κ3) is 3.92. The second kappa shape index (κ2) is 6.48. The fourth-order valence-electron chi connectivity index (χ4n) is 1.32. The van der Waals surface area contributed by atoms with Crippen molar-refractivity contribution >= 4 is 34.2 Å². The number of carboxylic acids is 1. The fraction of sp³-hybridized carbons (Fsp3) is 0.0909. The lowest BCUT2D eigenvalue weighted by atomic mass is 10.3. The second-order valence-electron chi connectivity index (χ2n) is 3.54. The molecular weight excluding hydrogens is 284 g/mol. The molecule has 3 N–H and O–H groups in total. The summed E-state index contributed by atoms with van der Waals surface area (Å²) in [5, 5.41) is 17.7. The number of carbonyl (C=O) groups excluding carboxylic acids is 1. The van der Waals surface area contributed by atoms with Crippen LogP contribution >= 0.6 is 11.5 Å². The zero-order chi connectivity index (χ0) is 14.4. The van der Waals surface area contributed by atoms with Gasteiger partial charge in [0.2, 0.25) is 0 Å². The molecule has 1 aromatic carbocycles. The van der Waals surface area contributed by atoms with E-state index in [1.54, 1.807) is 24.3 Å². The zero-order valence-electron chi connectivity index (χ0n) is 10.1. The number of nitrogens with one attached hydrogen (secondary N) is 2. The summed E-state index contributed by atoms with van der Waals surface area (Å²) in [5.74, 6) is -0.826. The van der Waals surface area contributed by atoms with Gasteiger partial charge in [-0.3, -0.25) is 5.32 Å². The first-order valence-corrected chi connectivity index (χ1v) is 6.21. The van der Waals surface area contributed by atoms with E-state index in [0.29, 0.717) is 10.7 Å². The van der Waals surface area contributed by atoms with Crippen LogP contribution in [0.1, 0.15) is 0 Å². The van der Waals surface area contributed by atoms with E-state index in [9.17, 15) is 9.59 Å². The average Bonchev–Trinajstić information content (AvgIpc) is 2.90. The number of urea groups is 1. The van der Waals surface area contributed by atoms with Crippen LogP contribution in [0, 0.1) is 0 Å². The minimum Gasteiger partial charge on any atom is -0.480 e. The molecule has 1 heterocycles. The van der Waals surface area contributed by atoms with Crippen molar-refractivity contribution in [3.05, 3.63) is 30.5 Å². The number of aliphatic carboxylic acids is 1. The van der Waals surface area contributed by atoms with Crippen molar-refractivity contribution < 1.29 is 19.4 Å². The van der Waals surface area contributed by atoms with Crippen LogP contribution in [-0.2, 0) is 4.79 Å². The molecule has 8 nitrogen and oxygen atoms in total. The molecule has 0 fully saturated rings. The van der Waals surface area contributed by atoms with Gasteiger partial charge in [0.1, 0.15) is 10.8 Å². The third-order valence-corrected chi connectivity index (χ3v) is 2.66. The quantitative estimate of drug-likeness (QED) is 0.772. The number of rotatable bonds is 5. The van der Waals surface area contributed by atoms with Gasteiger partial charge in [0.05, 0.1) is 11.9 Å². The molecule has 0 atom stereocenters. The number of carbonyl (C=O) groups is 2. The summed E-state index contributed by atoms with van der Waals surface area (Å²) >= 11 is 1.04. The van der Waals surface area contributed by atoms with Gasteiger partial charge < -0.3 is 15.2 Å². The van der Waals surface area contributed by atoms with E-state index in [0.717, 1.165) is 11.5 Å². The van der Waals surface area contributed by atoms with Gasteiger partial charge in [0, 0.05) is 11.5 Å². The molecule has 0 aliphatic heterocycles. The van der Waals surface area contributed by atoms with Crippen LogP contribution < -0.4 is 15.4 Å². The Kier molecular flexibility index (Phi) is 4.45. The lowest BCUT2D eigenvalue weighted by Gasteiger charge is -2.11. The molecule has 0 spiro atoms. The summed E-state index contributed by atoms with van der Waals surface area (Å²) in [5.41, 5.74) is 0.365. The molecule has 0 saturated heterocycles. The summed E-state index contributed by atoms with van der Waals surface area (Å²) < 4.78 is 8.68. The first-order chi connectivity index (χ1) is 9.65. The van der Waals surface area contributed by atoms with E-state index in [1.807, 2.05) is 0 Å². The van der Waals surface area contributed by atoms with Crippen LogP contribution in [-0.4, -0.2) is 33.3 Å². The molecule has 2 aromatic rings. The predicted molar refractivity (Wildman–Crippen MR) is 72.1 cm³/mol. The second-order valence-corrected chi connectivity index (χ2v) is 4.33. The van der Waals surface area contributed by atoms with E-state index < -0.39 is 18.6 Å². The van der Waals surface area contributed by atoms with E-state index in [2.05, 4.69) is 20.2 Å². The molecule has 0 radical (unpaired) electrons. The summed E-state index contributed by atoms with van der Waals surface area (Å²) in [6.45, 7) is -0.487. The van der Waals surface area contributed by atoms with Crippen molar-refractivity contribution in [1.29, 1.82) is 0 Å². The van der Waals surface area contributed by atoms with Gasteiger partial charge in [-0.25, -0.2) is 9.59 Å². The monoisotopic (exact) mass is 294 g/mol. The van der Waals surface area contributed by atoms with Crippen LogP contribution in [0.5, 0.6) is 5.75 Å². The number of carboxylic acid groups (broad SMARTS) is 1. The van der Waals surface area contributed by atoms with E-state index >= 15 is 0 Å². The first-order valence-electron chi connectivity index (χ1n) is 5.44. The van der Waals surface area contributed by atoms with Crippen molar-refractivity contribution in [3.8, 4) is 5.75 Å². The van der Waals surface area contributed by atoms with Crippen LogP contribution in [0.15, 0.2) is 30.5 Å². The number of para-hydroxylation sites is 2. The summed E-state index contributed by atoms with van der Waals surface area (Å²) in [6.07, 6.45) is 1.41. The summed E-state index contributed by atoms with van der Waals surface area (Å²) in [6, 6.07) is 6.03. The molecule has 2 amide bonds. The highest BCUT2D eigenvalue weighted by atomic mass is 32.1. The molecular formula is C11H10N4O4S.